The van der Waals surface area contributed by atoms with Crippen molar-refractivity contribution in [1.82, 2.24) is 10.2 Å². The maximum Gasteiger partial charge on any atom is 0.268 e. The summed E-state index contributed by atoms with van der Waals surface area (Å²) in [4.78, 5) is 0.203. The summed E-state index contributed by atoms with van der Waals surface area (Å²) in [5, 5.41) is 6.62. The first-order valence-corrected chi connectivity index (χ1v) is 7.68. The van der Waals surface area contributed by atoms with E-state index in [1.165, 1.54) is 22.5 Å². The van der Waals surface area contributed by atoms with E-state index in [0.717, 1.165) is 0 Å². The molecule has 0 aliphatic carbocycles. The molecule has 2 heterocycles. The van der Waals surface area contributed by atoms with E-state index in [-0.39, 0.29) is 10.7 Å². The maximum absolute atomic E-state index is 13.2. The Hall–Kier alpha value is -1.89. The fourth-order valence-electron chi connectivity index (χ4n) is 2.62. The van der Waals surface area contributed by atoms with Crippen molar-refractivity contribution in [1.29, 1.82) is 0 Å². The molecule has 0 amide bonds. The molecule has 1 aliphatic rings. The number of sulfonamides is 1. The quantitative estimate of drug-likeness (QED) is 0.920. The van der Waals surface area contributed by atoms with Crippen LogP contribution in [0.1, 0.15) is 17.0 Å². The van der Waals surface area contributed by atoms with Gasteiger partial charge in [-0.3, -0.25) is 9.40 Å². The summed E-state index contributed by atoms with van der Waals surface area (Å²) in [5.74, 6) is -0.348. The van der Waals surface area contributed by atoms with E-state index in [1.54, 1.807) is 13.8 Å². The Kier molecular flexibility index (Phi) is 2.82. The Bertz CT molecular complexity index is 763. The van der Waals surface area contributed by atoms with Gasteiger partial charge in [0, 0.05) is 6.54 Å². The molecule has 20 heavy (non-hydrogen) atoms. The van der Waals surface area contributed by atoms with Gasteiger partial charge in [-0.25, -0.2) is 12.8 Å². The van der Waals surface area contributed by atoms with Gasteiger partial charge in [0.1, 0.15) is 10.7 Å². The van der Waals surface area contributed by atoms with Gasteiger partial charge >= 0.3 is 0 Å². The summed E-state index contributed by atoms with van der Waals surface area (Å²) in [7, 11) is -3.67. The number of benzene rings is 1. The third-order valence-electron chi connectivity index (χ3n) is 3.50. The molecule has 1 aromatic heterocycles. The van der Waals surface area contributed by atoms with Crippen LogP contribution < -0.4 is 4.31 Å². The van der Waals surface area contributed by atoms with E-state index < -0.39 is 10.0 Å². The lowest BCUT2D eigenvalue weighted by atomic mass is 10.2. The third kappa shape index (κ3) is 1.81. The van der Waals surface area contributed by atoms with Gasteiger partial charge in [-0.2, -0.15) is 5.10 Å². The largest absolute Gasteiger partial charge is 0.281 e. The lowest BCUT2D eigenvalue weighted by molar-refractivity contribution is 0.591. The lowest BCUT2D eigenvalue weighted by Gasteiger charge is -2.19. The number of aryl methyl sites for hydroxylation is 2. The molecule has 5 nitrogen and oxygen atoms in total. The molecule has 1 aromatic carbocycles. The highest BCUT2D eigenvalue weighted by Crippen LogP contribution is 2.34. The van der Waals surface area contributed by atoms with Crippen molar-refractivity contribution in [2.45, 2.75) is 25.2 Å². The Morgan fingerprint density at radius 1 is 1.35 bits per heavy atom. The molecule has 0 bridgehead atoms. The number of hydrogen-bond donors (Lipinski definition) is 1. The molecule has 1 aliphatic heterocycles. The van der Waals surface area contributed by atoms with E-state index >= 15 is 0 Å². The molecule has 106 valence electrons. The Morgan fingerprint density at radius 2 is 2.10 bits per heavy atom. The Balaban J connectivity index is 2.12. The summed E-state index contributed by atoms with van der Waals surface area (Å²) >= 11 is 0. The summed E-state index contributed by atoms with van der Waals surface area (Å²) in [5.41, 5.74) is 2.22. The number of anilines is 1. The number of fused-ring (bicyclic) bond motifs is 1. The van der Waals surface area contributed by atoms with Gasteiger partial charge in [0.05, 0.1) is 17.1 Å². The van der Waals surface area contributed by atoms with E-state index in [9.17, 15) is 12.8 Å². The van der Waals surface area contributed by atoms with Gasteiger partial charge in [-0.05, 0) is 44.0 Å². The normalized spacial score (nSPS) is 14.7. The Labute approximate surface area is 116 Å². The van der Waals surface area contributed by atoms with E-state index in [4.69, 9.17) is 0 Å². The molecule has 0 radical (unpaired) electrons. The standard InChI is InChI=1S/C13H14FN3O2S/c1-8-13(9(2)16-15-8)20(18,19)17-6-5-10-7-11(14)3-4-12(10)17/h3-4,7H,5-6H2,1-2H3,(H,15,16). The fourth-order valence-corrected chi connectivity index (χ4v) is 4.46. The van der Waals surface area contributed by atoms with Crippen molar-refractivity contribution in [2.75, 3.05) is 10.8 Å². The second kappa shape index (κ2) is 4.31. The van der Waals surface area contributed by atoms with E-state index in [2.05, 4.69) is 10.2 Å². The number of aromatic amines is 1. The summed E-state index contributed by atoms with van der Waals surface area (Å²) < 4.78 is 40.0. The highest BCUT2D eigenvalue weighted by Gasteiger charge is 2.34. The van der Waals surface area contributed by atoms with Gasteiger partial charge in [0.2, 0.25) is 0 Å². The zero-order chi connectivity index (χ0) is 14.5. The van der Waals surface area contributed by atoms with Crippen LogP contribution in [0.25, 0.3) is 0 Å². The van der Waals surface area contributed by atoms with Crippen molar-refractivity contribution >= 4 is 15.7 Å². The van der Waals surface area contributed by atoms with E-state index in [0.29, 0.717) is 35.6 Å². The van der Waals surface area contributed by atoms with Gasteiger partial charge in [-0.15, -0.1) is 0 Å². The molecule has 0 fully saturated rings. The highest BCUT2D eigenvalue weighted by molar-refractivity contribution is 7.93. The molecule has 2 aromatic rings. The molecule has 0 spiro atoms. The number of aromatic nitrogens is 2. The van der Waals surface area contributed by atoms with Gasteiger partial charge in [0.15, 0.2) is 0 Å². The number of hydrogen-bond acceptors (Lipinski definition) is 3. The van der Waals surface area contributed by atoms with Crippen LogP contribution >= 0.6 is 0 Å². The summed E-state index contributed by atoms with van der Waals surface area (Å²) in [6, 6.07) is 4.18. The zero-order valence-electron chi connectivity index (χ0n) is 11.1. The van der Waals surface area contributed by atoms with Crippen LogP contribution in [0.4, 0.5) is 10.1 Å². The molecule has 0 saturated heterocycles. The monoisotopic (exact) mass is 295 g/mol. The van der Waals surface area contributed by atoms with E-state index in [1.807, 2.05) is 0 Å². The minimum Gasteiger partial charge on any atom is -0.281 e. The maximum atomic E-state index is 13.2. The van der Waals surface area contributed by atoms with Gasteiger partial charge in [-0.1, -0.05) is 0 Å². The van der Waals surface area contributed by atoms with Crippen LogP contribution in [0.5, 0.6) is 0 Å². The first-order chi connectivity index (χ1) is 9.41. The molecule has 3 rings (SSSR count). The van der Waals surface area contributed by atoms with Crippen LogP contribution in [-0.2, 0) is 16.4 Å². The van der Waals surface area contributed by atoms with Gasteiger partial charge in [0.25, 0.3) is 10.0 Å². The predicted octanol–water partition coefficient (Wildman–Crippen LogP) is 1.92. The third-order valence-corrected chi connectivity index (χ3v) is 5.58. The molecular weight excluding hydrogens is 281 g/mol. The van der Waals surface area contributed by atoms with Crippen molar-refractivity contribution in [3.63, 3.8) is 0 Å². The number of H-pyrrole nitrogens is 1. The number of halogens is 1. The average molecular weight is 295 g/mol. The first kappa shape index (κ1) is 13.1. The first-order valence-electron chi connectivity index (χ1n) is 6.24. The second-order valence-electron chi connectivity index (χ2n) is 4.86. The van der Waals surface area contributed by atoms with Crippen molar-refractivity contribution in [3.05, 3.63) is 41.0 Å². The van der Waals surface area contributed by atoms with Crippen LogP contribution in [0.2, 0.25) is 0 Å². The minimum atomic E-state index is -3.67. The van der Waals surface area contributed by atoms with Crippen LogP contribution in [0.3, 0.4) is 0 Å². The van der Waals surface area contributed by atoms with Crippen molar-refractivity contribution < 1.29 is 12.8 Å². The molecule has 0 unspecified atom stereocenters. The van der Waals surface area contributed by atoms with Crippen LogP contribution in [0.15, 0.2) is 23.1 Å². The fraction of sp³-hybridized carbons (Fsp3) is 0.308. The lowest BCUT2D eigenvalue weighted by Crippen LogP contribution is -2.29. The van der Waals surface area contributed by atoms with Crippen molar-refractivity contribution in [2.24, 2.45) is 0 Å². The zero-order valence-corrected chi connectivity index (χ0v) is 12.0. The minimum absolute atomic E-state index is 0.203. The number of rotatable bonds is 2. The number of nitrogens with one attached hydrogen (secondary N) is 1. The molecule has 0 saturated carbocycles. The topological polar surface area (TPSA) is 66.1 Å². The predicted molar refractivity (Wildman–Crippen MR) is 72.7 cm³/mol. The smallest absolute Gasteiger partial charge is 0.268 e. The molecular formula is C13H14FN3O2S. The average Bonchev–Trinajstić information content (AvgIpc) is 2.93. The van der Waals surface area contributed by atoms with Crippen LogP contribution in [0, 0.1) is 19.7 Å². The van der Waals surface area contributed by atoms with Crippen LogP contribution in [-0.4, -0.2) is 25.2 Å². The number of nitrogens with zero attached hydrogens (tertiary/aromatic N) is 2. The summed E-state index contributed by atoms with van der Waals surface area (Å²) in [6.45, 7) is 3.65. The Morgan fingerprint density at radius 3 is 2.75 bits per heavy atom. The molecule has 1 N–H and O–H groups in total. The summed E-state index contributed by atoms with van der Waals surface area (Å²) in [6.07, 6.45) is 0.516. The highest BCUT2D eigenvalue weighted by atomic mass is 32.2. The van der Waals surface area contributed by atoms with Gasteiger partial charge < -0.3 is 0 Å². The molecule has 0 atom stereocenters. The SMILES string of the molecule is Cc1n[nH]c(C)c1S(=O)(=O)N1CCc2cc(F)ccc21. The van der Waals surface area contributed by atoms with Crippen molar-refractivity contribution in [3.8, 4) is 0 Å². The molecule has 7 heteroatoms. The second-order valence-corrected chi connectivity index (χ2v) is 6.66.